The largest absolute Gasteiger partial charge is 0.491 e. The number of hydrogen-bond donors (Lipinski definition) is 2. The Kier molecular flexibility index (Phi) is 4.88. The zero-order valence-corrected chi connectivity index (χ0v) is 12.5. The Hall–Kier alpha value is -2.10. The zero-order valence-electron chi connectivity index (χ0n) is 12.5. The Morgan fingerprint density at radius 1 is 1.05 bits per heavy atom. The van der Waals surface area contributed by atoms with Gasteiger partial charge in [0, 0.05) is 18.2 Å². The molecule has 0 bridgehead atoms. The molecule has 1 heterocycles. The summed E-state index contributed by atoms with van der Waals surface area (Å²) in [5.41, 5.74) is 2.22. The van der Waals surface area contributed by atoms with Crippen molar-refractivity contribution in [2.45, 2.75) is 18.6 Å². The topological polar surface area (TPSA) is 41.5 Å². The van der Waals surface area contributed by atoms with Crippen LogP contribution in [0.4, 0.5) is 0 Å². The molecular weight excluding hydrogens is 274 g/mol. The number of aliphatic hydroxyl groups excluding tert-OH is 1. The molecule has 0 aliphatic carbocycles. The number of β-amino-alcohol motifs (C(OH)–C–C–N with tert-alkyl or cyclic N) is 1. The van der Waals surface area contributed by atoms with Gasteiger partial charge in [0.05, 0.1) is 6.10 Å². The van der Waals surface area contributed by atoms with Crippen molar-refractivity contribution in [2.24, 2.45) is 0 Å². The summed E-state index contributed by atoms with van der Waals surface area (Å²) in [6, 6.07) is 18.5. The number of benzene rings is 2. The molecule has 1 aliphatic heterocycles. The van der Waals surface area contributed by atoms with Gasteiger partial charge < -0.3 is 15.2 Å². The van der Waals surface area contributed by atoms with Crippen LogP contribution in [0.15, 0.2) is 54.6 Å². The summed E-state index contributed by atoms with van der Waals surface area (Å²) >= 11 is 0. The van der Waals surface area contributed by atoms with Gasteiger partial charge in [-0.05, 0) is 18.1 Å². The highest BCUT2D eigenvalue weighted by atomic mass is 16.5. The second-order valence-electron chi connectivity index (χ2n) is 5.59. The summed E-state index contributed by atoms with van der Waals surface area (Å²) in [6.45, 7) is 1.23. The van der Waals surface area contributed by atoms with Gasteiger partial charge in [0.15, 0.2) is 0 Å². The fourth-order valence-corrected chi connectivity index (χ4v) is 2.61. The lowest BCUT2D eigenvalue weighted by Crippen LogP contribution is -2.28. The molecule has 0 radical (unpaired) electrons. The van der Waals surface area contributed by atoms with Crippen LogP contribution in [0.2, 0.25) is 0 Å². The van der Waals surface area contributed by atoms with Gasteiger partial charge in [-0.25, -0.2) is 0 Å². The maximum absolute atomic E-state index is 9.53. The lowest BCUT2D eigenvalue weighted by atomic mass is 10.1. The Bertz CT molecular complexity index is 624. The summed E-state index contributed by atoms with van der Waals surface area (Å²) in [5.74, 6) is 0.873. The second-order valence-corrected chi connectivity index (χ2v) is 5.59. The molecule has 0 amide bonds. The van der Waals surface area contributed by atoms with Gasteiger partial charge in [-0.1, -0.05) is 60.7 Å². The van der Waals surface area contributed by atoms with E-state index in [-0.39, 0.29) is 12.1 Å². The van der Waals surface area contributed by atoms with Crippen molar-refractivity contribution in [1.29, 1.82) is 0 Å². The molecule has 22 heavy (non-hydrogen) atoms. The fraction of sp³-hybridized carbons (Fsp3) is 0.263. The van der Waals surface area contributed by atoms with Crippen molar-refractivity contribution < 1.29 is 9.84 Å². The monoisotopic (exact) mass is 295 g/mol. The van der Waals surface area contributed by atoms with E-state index in [1.54, 1.807) is 0 Å². The Morgan fingerprint density at radius 3 is 2.59 bits per heavy atom. The third-order valence-corrected chi connectivity index (χ3v) is 3.81. The summed E-state index contributed by atoms with van der Waals surface area (Å²) in [6.07, 6.45) is 4.66. The average molecular weight is 295 g/mol. The third kappa shape index (κ3) is 3.97. The number of nitrogens with one attached hydrogen (secondary N) is 1. The molecule has 3 nitrogen and oxygen atoms in total. The first-order valence-corrected chi connectivity index (χ1v) is 7.67. The van der Waals surface area contributed by atoms with Gasteiger partial charge in [-0.15, -0.1) is 0 Å². The van der Waals surface area contributed by atoms with E-state index in [1.807, 2.05) is 42.5 Å². The minimum Gasteiger partial charge on any atom is -0.491 e. The van der Waals surface area contributed by atoms with Crippen LogP contribution >= 0.6 is 0 Å². The van der Waals surface area contributed by atoms with E-state index in [0.29, 0.717) is 13.2 Å². The predicted molar refractivity (Wildman–Crippen MR) is 89.7 cm³/mol. The maximum atomic E-state index is 9.53. The fourth-order valence-electron chi connectivity index (χ4n) is 2.61. The SMILES string of the molecule is OC1CNC(COc2ccccc2C=Cc2ccccc2)C1. The summed E-state index contributed by atoms with van der Waals surface area (Å²) in [4.78, 5) is 0. The molecule has 2 atom stereocenters. The summed E-state index contributed by atoms with van der Waals surface area (Å²) in [7, 11) is 0. The van der Waals surface area contributed by atoms with Crippen molar-refractivity contribution in [1.82, 2.24) is 5.32 Å². The molecule has 2 aromatic rings. The highest BCUT2D eigenvalue weighted by Crippen LogP contribution is 2.21. The minimum absolute atomic E-state index is 0.223. The smallest absolute Gasteiger partial charge is 0.126 e. The third-order valence-electron chi connectivity index (χ3n) is 3.81. The lowest BCUT2D eigenvalue weighted by molar-refractivity contribution is 0.187. The van der Waals surface area contributed by atoms with Crippen molar-refractivity contribution >= 4 is 12.2 Å². The molecule has 1 fully saturated rings. The van der Waals surface area contributed by atoms with Crippen molar-refractivity contribution in [3.05, 3.63) is 65.7 Å². The van der Waals surface area contributed by atoms with E-state index in [1.165, 1.54) is 0 Å². The molecule has 114 valence electrons. The van der Waals surface area contributed by atoms with E-state index < -0.39 is 0 Å². The van der Waals surface area contributed by atoms with E-state index in [0.717, 1.165) is 23.3 Å². The van der Waals surface area contributed by atoms with Crippen LogP contribution in [0.25, 0.3) is 12.2 Å². The molecule has 2 aromatic carbocycles. The number of rotatable bonds is 5. The van der Waals surface area contributed by atoms with Gasteiger partial charge >= 0.3 is 0 Å². The van der Waals surface area contributed by atoms with Crippen LogP contribution in [-0.4, -0.2) is 30.4 Å². The highest BCUT2D eigenvalue weighted by molar-refractivity contribution is 5.72. The Labute approximate surface area is 131 Å². The van der Waals surface area contributed by atoms with Gasteiger partial charge in [0.25, 0.3) is 0 Å². The molecule has 1 saturated heterocycles. The molecule has 0 saturated carbocycles. The first-order valence-electron chi connectivity index (χ1n) is 7.67. The minimum atomic E-state index is -0.248. The second kappa shape index (κ2) is 7.25. The molecule has 1 aliphatic rings. The molecule has 0 aromatic heterocycles. The summed E-state index contributed by atoms with van der Waals surface area (Å²) in [5, 5.41) is 12.8. The van der Waals surface area contributed by atoms with Crippen LogP contribution in [-0.2, 0) is 0 Å². The first kappa shape index (κ1) is 14.8. The molecule has 0 spiro atoms. The number of para-hydroxylation sites is 1. The number of hydrogen-bond acceptors (Lipinski definition) is 3. The molecular formula is C19H21NO2. The lowest BCUT2D eigenvalue weighted by Gasteiger charge is -2.13. The Morgan fingerprint density at radius 2 is 1.82 bits per heavy atom. The maximum Gasteiger partial charge on any atom is 0.126 e. The predicted octanol–water partition coefficient (Wildman–Crippen LogP) is 2.96. The molecule has 2 unspecified atom stereocenters. The van der Waals surface area contributed by atoms with Gasteiger partial charge in [-0.2, -0.15) is 0 Å². The quantitative estimate of drug-likeness (QED) is 0.833. The van der Waals surface area contributed by atoms with Crippen molar-refractivity contribution in [2.75, 3.05) is 13.2 Å². The average Bonchev–Trinajstić information content (AvgIpc) is 2.98. The van der Waals surface area contributed by atoms with Crippen molar-refractivity contribution in [3.8, 4) is 5.75 Å². The molecule has 3 rings (SSSR count). The van der Waals surface area contributed by atoms with E-state index in [2.05, 4.69) is 29.6 Å². The van der Waals surface area contributed by atoms with E-state index in [4.69, 9.17) is 4.74 Å². The van der Waals surface area contributed by atoms with E-state index in [9.17, 15) is 5.11 Å². The van der Waals surface area contributed by atoms with Crippen LogP contribution in [0.5, 0.6) is 5.75 Å². The standard InChI is InChI=1S/C19H21NO2/c21-18-12-17(20-13-18)14-22-19-9-5-4-8-16(19)11-10-15-6-2-1-3-7-15/h1-11,17-18,20-21H,12-14H2. The Balaban J connectivity index is 1.66. The van der Waals surface area contributed by atoms with Gasteiger partial charge in [-0.3, -0.25) is 0 Å². The van der Waals surface area contributed by atoms with Crippen LogP contribution in [0, 0.1) is 0 Å². The van der Waals surface area contributed by atoms with Crippen molar-refractivity contribution in [3.63, 3.8) is 0 Å². The summed E-state index contributed by atoms with van der Waals surface area (Å²) < 4.78 is 5.93. The van der Waals surface area contributed by atoms with E-state index >= 15 is 0 Å². The van der Waals surface area contributed by atoms with Crippen LogP contribution in [0.1, 0.15) is 17.5 Å². The molecule has 2 N–H and O–H groups in total. The first-order chi connectivity index (χ1) is 10.8. The van der Waals surface area contributed by atoms with Gasteiger partial charge in [0.2, 0.25) is 0 Å². The normalized spacial score (nSPS) is 21.3. The number of aliphatic hydroxyl groups is 1. The zero-order chi connectivity index (χ0) is 15.2. The molecule has 3 heteroatoms. The van der Waals surface area contributed by atoms with Crippen LogP contribution < -0.4 is 10.1 Å². The van der Waals surface area contributed by atoms with Crippen LogP contribution in [0.3, 0.4) is 0 Å². The van der Waals surface area contributed by atoms with Gasteiger partial charge in [0.1, 0.15) is 12.4 Å². The number of ether oxygens (including phenoxy) is 1. The highest BCUT2D eigenvalue weighted by Gasteiger charge is 2.22.